The van der Waals surface area contributed by atoms with E-state index in [1.54, 1.807) is 0 Å². The molecule has 156 valence electrons. The van der Waals surface area contributed by atoms with Crippen molar-refractivity contribution in [1.82, 2.24) is 15.0 Å². The number of anilines is 3. The molecule has 28 heavy (non-hydrogen) atoms. The molecule has 1 aromatic heterocycles. The summed E-state index contributed by atoms with van der Waals surface area (Å²) in [4.78, 5) is 20.5. The Hall–Kier alpha value is -1.79. The molecule has 0 amide bonds. The van der Waals surface area contributed by atoms with Crippen molar-refractivity contribution in [2.75, 3.05) is 54.0 Å². The molecule has 0 aromatic carbocycles. The van der Waals surface area contributed by atoms with Crippen LogP contribution in [0.15, 0.2) is 0 Å². The van der Waals surface area contributed by atoms with Crippen molar-refractivity contribution < 1.29 is 0 Å². The van der Waals surface area contributed by atoms with E-state index in [0.29, 0.717) is 44.0 Å². The van der Waals surface area contributed by atoms with Gasteiger partial charge in [-0.1, -0.05) is 0 Å². The Morgan fingerprint density at radius 1 is 0.536 bits per heavy atom. The Morgan fingerprint density at radius 2 is 0.893 bits per heavy atom. The van der Waals surface area contributed by atoms with Crippen LogP contribution in [0, 0.1) is 0 Å². The first kappa shape index (κ1) is 19.5. The molecule has 0 bridgehead atoms. The van der Waals surface area contributed by atoms with Gasteiger partial charge in [0.15, 0.2) is 0 Å². The normalized spacial score (nSPS) is 34.2. The van der Waals surface area contributed by atoms with Gasteiger partial charge in [0.1, 0.15) is 0 Å². The SMILES string of the molecule is NC1CCN(c2nc(N3C[C@H](N)C[C@H](N)C3)nc(N3C[C@H](N)C[C@H](N)C3)n2)C1. The summed E-state index contributed by atoms with van der Waals surface area (Å²) in [6, 6.07) is 0.153. The second-order valence-corrected chi connectivity index (χ2v) is 8.55. The fourth-order valence-electron chi connectivity index (χ4n) is 4.42. The fourth-order valence-corrected chi connectivity index (χ4v) is 4.42. The molecule has 11 heteroatoms. The summed E-state index contributed by atoms with van der Waals surface area (Å²) in [5.74, 6) is 1.87. The van der Waals surface area contributed by atoms with Gasteiger partial charge >= 0.3 is 0 Å². The predicted octanol–water partition coefficient (Wildman–Crippen LogP) is -2.86. The monoisotopic (exact) mass is 391 g/mol. The lowest BCUT2D eigenvalue weighted by Gasteiger charge is -2.37. The molecule has 5 atom stereocenters. The van der Waals surface area contributed by atoms with Crippen LogP contribution in [-0.2, 0) is 0 Å². The Kier molecular flexibility index (Phi) is 5.52. The Balaban J connectivity index is 1.66. The predicted molar refractivity (Wildman–Crippen MR) is 110 cm³/mol. The molecule has 0 saturated carbocycles. The van der Waals surface area contributed by atoms with Crippen LogP contribution in [0.4, 0.5) is 17.8 Å². The summed E-state index contributed by atoms with van der Waals surface area (Å²) in [5.41, 5.74) is 30.8. The quantitative estimate of drug-likeness (QED) is 0.358. The summed E-state index contributed by atoms with van der Waals surface area (Å²) in [6.45, 7) is 4.28. The van der Waals surface area contributed by atoms with Gasteiger partial charge in [-0.15, -0.1) is 0 Å². The van der Waals surface area contributed by atoms with Gasteiger partial charge in [-0.3, -0.25) is 0 Å². The molecule has 3 aliphatic heterocycles. The van der Waals surface area contributed by atoms with Crippen LogP contribution < -0.4 is 43.4 Å². The molecule has 4 rings (SSSR count). The number of nitrogens with zero attached hydrogens (tertiary/aromatic N) is 6. The van der Waals surface area contributed by atoms with Crippen LogP contribution in [0.5, 0.6) is 0 Å². The lowest BCUT2D eigenvalue weighted by atomic mass is 10.0. The van der Waals surface area contributed by atoms with Gasteiger partial charge in [0.2, 0.25) is 17.8 Å². The van der Waals surface area contributed by atoms with E-state index in [1.165, 1.54) is 0 Å². The molecule has 4 heterocycles. The van der Waals surface area contributed by atoms with Gasteiger partial charge in [-0.05, 0) is 19.3 Å². The molecule has 10 N–H and O–H groups in total. The van der Waals surface area contributed by atoms with E-state index in [0.717, 1.165) is 32.4 Å². The van der Waals surface area contributed by atoms with E-state index in [1.807, 2.05) is 0 Å². The van der Waals surface area contributed by atoms with Crippen molar-refractivity contribution in [3.63, 3.8) is 0 Å². The zero-order chi connectivity index (χ0) is 19.8. The van der Waals surface area contributed by atoms with E-state index in [-0.39, 0.29) is 30.2 Å². The first-order valence-corrected chi connectivity index (χ1v) is 10.2. The van der Waals surface area contributed by atoms with E-state index in [2.05, 4.69) is 14.7 Å². The van der Waals surface area contributed by atoms with E-state index in [9.17, 15) is 0 Å². The Morgan fingerprint density at radius 3 is 1.25 bits per heavy atom. The Bertz CT molecular complexity index is 621. The second-order valence-electron chi connectivity index (χ2n) is 8.55. The maximum absolute atomic E-state index is 6.19. The zero-order valence-corrected chi connectivity index (χ0v) is 16.3. The average molecular weight is 392 g/mol. The highest BCUT2D eigenvalue weighted by Crippen LogP contribution is 2.25. The molecule has 0 aliphatic carbocycles. The molecule has 3 aliphatic rings. The van der Waals surface area contributed by atoms with Crippen LogP contribution in [0.25, 0.3) is 0 Å². The van der Waals surface area contributed by atoms with Crippen molar-refractivity contribution in [3.8, 4) is 0 Å². The molecule has 0 spiro atoms. The smallest absolute Gasteiger partial charge is 0.232 e. The van der Waals surface area contributed by atoms with E-state index < -0.39 is 0 Å². The van der Waals surface area contributed by atoms with E-state index >= 15 is 0 Å². The highest BCUT2D eigenvalue weighted by Gasteiger charge is 2.30. The highest BCUT2D eigenvalue weighted by molar-refractivity contribution is 5.48. The number of rotatable bonds is 3. The van der Waals surface area contributed by atoms with Gasteiger partial charge in [-0.2, -0.15) is 15.0 Å². The average Bonchev–Trinajstić information content (AvgIpc) is 3.06. The summed E-state index contributed by atoms with van der Waals surface area (Å²) in [6.07, 6.45) is 2.53. The topological polar surface area (TPSA) is 178 Å². The molecular weight excluding hydrogens is 358 g/mol. The highest BCUT2D eigenvalue weighted by atomic mass is 15.4. The minimum Gasteiger partial charge on any atom is -0.339 e. The lowest BCUT2D eigenvalue weighted by Crippen LogP contribution is -2.54. The van der Waals surface area contributed by atoms with Crippen molar-refractivity contribution >= 4 is 17.8 Å². The Labute approximate surface area is 165 Å². The molecule has 0 radical (unpaired) electrons. The summed E-state index contributed by atoms with van der Waals surface area (Å²) >= 11 is 0. The maximum Gasteiger partial charge on any atom is 0.232 e. The number of aromatic nitrogens is 3. The zero-order valence-electron chi connectivity index (χ0n) is 16.3. The summed E-state index contributed by atoms with van der Waals surface area (Å²) in [7, 11) is 0. The van der Waals surface area contributed by atoms with Crippen LogP contribution in [0.1, 0.15) is 19.3 Å². The molecule has 11 nitrogen and oxygen atoms in total. The fraction of sp³-hybridized carbons (Fsp3) is 0.824. The van der Waals surface area contributed by atoms with Crippen LogP contribution in [0.2, 0.25) is 0 Å². The third kappa shape index (κ3) is 4.28. The van der Waals surface area contributed by atoms with Gasteiger partial charge in [0.25, 0.3) is 0 Å². The first-order valence-electron chi connectivity index (χ1n) is 10.2. The van der Waals surface area contributed by atoms with Crippen molar-refractivity contribution in [2.24, 2.45) is 28.7 Å². The molecule has 1 unspecified atom stereocenters. The van der Waals surface area contributed by atoms with Gasteiger partial charge in [-0.25, -0.2) is 0 Å². The third-order valence-electron chi connectivity index (χ3n) is 5.70. The molecule has 3 saturated heterocycles. The summed E-state index contributed by atoms with van der Waals surface area (Å²) < 4.78 is 0. The number of hydrogen-bond acceptors (Lipinski definition) is 11. The van der Waals surface area contributed by atoms with Crippen molar-refractivity contribution in [3.05, 3.63) is 0 Å². The minimum absolute atomic E-state index is 0.00413. The number of hydrogen-bond donors (Lipinski definition) is 5. The molecule has 3 fully saturated rings. The van der Waals surface area contributed by atoms with Crippen LogP contribution in [0.3, 0.4) is 0 Å². The van der Waals surface area contributed by atoms with E-state index in [4.69, 9.17) is 43.6 Å². The number of piperidine rings is 2. The standard InChI is InChI=1S/C17H33N11/c18-10-1-2-26(5-10)15-23-16(27-6-11(19)3-12(20)7-27)25-17(24-15)28-8-13(21)4-14(22)9-28/h10-14H,1-9,18-22H2/t10?,11-,12+,13-,14+. The maximum atomic E-state index is 6.19. The van der Waals surface area contributed by atoms with Crippen LogP contribution in [-0.4, -0.2) is 84.4 Å². The van der Waals surface area contributed by atoms with Gasteiger partial charge < -0.3 is 43.4 Å². The van der Waals surface area contributed by atoms with Crippen LogP contribution >= 0.6 is 0 Å². The third-order valence-corrected chi connectivity index (χ3v) is 5.70. The minimum atomic E-state index is 0.00413. The van der Waals surface area contributed by atoms with Crippen molar-refractivity contribution in [2.45, 2.75) is 49.5 Å². The second kappa shape index (κ2) is 7.91. The van der Waals surface area contributed by atoms with Crippen molar-refractivity contribution in [1.29, 1.82) is 0 Å². The lowest BCUT2D eigenvalue weighted by molar-refractivity contribution is 0.441. The van der Waals surface area contributed by atoms with Gasteiger partial charge in [0.05, 0.1) is 0 Å². The van der Waals surface area contributed by atoms with Gasteiger partial charge in [0, 0.05) is 69.5 Å². The first-order chi connectivity index (χ1) is 13.4. The number of nitrogens with two attached hydrogens (primary N) is 5. The summed E-state index contributed by atoms with van der Waals surface area (Å²) in [5, 5.41) is 0. The largest absolute Gasteiger partial charge is 0.339 e. The molecule has 1 aromatic rings. The molecular formula is C17H33N11.